The number of hydrogen-bond donors (Lipinski definition) is 1. The molecule has 0 radical (unpaired) electrons. The zero-order valence-electron chi connectivity index (χ0n) is 12.4. The Labute approximate surface area is 122 Å². The first kappa shape index (κ1) is 15.5. The Hall–Kier alpha value is -0.870. The van der Waals surface area contributed by atoms with Crippen LogP contribution >= 0.6 is 0 Å². The quantitative estimate of drug-likeness (QED) is 0.908. The lowest BCUT2D eigenvalue weighted by Gasteiger charge is -2.31. The highest BCUT2D eigenvalue weighted by Crippen LogP contribution is 2.27. The van der Waals surface area contributed by atoms with Gasteiger partial charge in [-0.3, -0.25) is 0 Å². The smallest absolute Gasteiger partial charge is 0.158 e. The predicted molar refractivity (Wildman–Crippen MR) is 83.5 cm³/mol. The lowest BCUT2D eigenvalue weighted by Crippen LogP contribution is -2.46. The van der Waals surface area contributed by atoms with Crippen molar-refractivity contribution in [3.63, 3.8) is 0 Å². The number of benzene rings is 1. The number of aryl methyl sites for hydroxylation is 1. The van der Waals surface area contributed by atoms with Crippen LogP contribution in [0, 0.1) is 6.92 Å². The van der Waals surface area contributed by atoms with Crippen molar-refractivity contribution < 1.29 is 8.42 Å². The van der Waals surface area contributed by atoms with E-state index in [1.54, 1.807) is 0 Å². The van der Waals surface area contributed by atoms with Crippen molar-refractivity contribution in [2.24, 2.45) is 0 Å². The van der Waals surface area contributed by atoms with Gasteiger partial charge in [0.2, 0.25) is 0 Å². The lowest BCUT2D eigenvalue weighted by atomic mass is 9.95. The highest BCUT2D eigenvalue weighted by molar-refractivity contribution is 7.91. The summed E-state index contributed by atoms with van der Waals surface area (Å²) in [6, 6.07) is 7.90. The van der Waals surface area contributed by atoms with Crippen molar-refractivity contribution >= 4 is 9.84 Å². The molecule has 112 valence electrons. The Morgan fingerprint density at radius 3 is 2.60 bits per heavy atom. The molecule has 4 heteroatoms. The molecule has 0 bridgehead atoms. The molecule has 3 nitrogen and oxygen atoms in total. The minimum atomic E-state index is -3.09. The first-order valence-electron chi connectivity index (χ1n) is 7.54. The second-order valence-electron chi connectivity index (χ2n) is 5.72. The van der Waals surface area contributed by atoms with Crippen molar-refractivity contribution in [3.8, 4) is 0 Å². The molecule has 1 aromatic rings. The zero-order valence-corrected chi connectivity index (χ0v) is 13.2. The van der Waals surface area contributed by atoms with E-state index >= 15 is 0 Å². The van der Waals surface area contributed by atoms with Gasteiger partial charge >= 0.3 is 0 Å². The van der Waals surface area contributed by atoms with Crippen molar-refractivity contribution in [2.75, 3.05) is 6.54 Å². The maximum atomic E-state index is 12.8. The van der Waals surface area contributed by atoms with E-state index in [9.17, 15) is 8.42 Å². The van der Waals surface area contributed by atoms with Crippen LogP contribution in [0.15, 0.2) is 24.3 Å². The first-order chi connectivity index (χ1) is 9.54. The van der Waals surface area contributed by atoms with Crippen LogP contribution in [0.2, 0.25) is 0 Å². The summed E-state index contributed by atoms with van der Waals surface area (Å²) >= 11 is 0. The molecule has 2 atom stereocenters. The van der Waals surface area contributed by atoms with Gasteiger partial charge < -0.3 is 5.32 Å². The Kier molecular flexibility index (Phi) is 5.22. The molecule has 0 aliphatic heterocycles. The largest absolute Gasteiger partial charge is 0.313 e. The molecule has 2 unspecified atom stereocenters. The minimum Gasteiger partial charge on any atom is -0.313 e. The van der Waals surface area contributed by atoms with Crippen molar-refractivity contribution in [1.29, 1.82) is 0 Å². The van der Waals surface area contributed by atoms with E-state index in [1.165, 1.54) is 0 Å². The zero-order chi connectivity index (χ0) is 14.6. The van der Waals surface area contributed by atoms with E-state index in [2.05, 4.69) is 5.32 Å². The summed E-state index contributed by atoms with van der Waals surface area (Å²) in [6.07, 6.45) is 3.94. The van der Waals surface area contributed by atoms with Crippen LogP contribution in [0.25, 0.3) is 0 Å². The minimum absolute atomic E-state index is 0.128. The molecule has 0 saturated heterocycles. The van der Waals surface area contributed by atoms with Gasteiger partial charge in [0.25, 0.3) is 0 Å². The van der Waals surface area contributed by atoms with Gasteiger partial charge in [0.05, 0.1) is 11.0 Å². The molecule has 1 aliphatic carbocycles. The average molecular weight is 295 g/mol. The molecule has 0 spiro atoms. The van der Waals surface area contributed by atoms with E-state index in [0.717, 1.165) is 43.4 Å². The maximum absolute atomic E-state index is 12.8. The first-order valence-corrected chi connectivity index (χ1v) is 9.25. The molecular weight excluding hydrogens is 270 g/mol. The number of hydrogen-bond acceptors (Lipinski definition) is 3. The van der Waals surface area contributed by atoms with Gasteiger partial charge in [0.15, 0.2) is 9.84 Å². The third kappa shape index (κ3) is 3.61. The van der Waals surface area contributed by atoms with Crippen molar-refractivity contribution in [2.45, 2.75) is 56.6 Å². The fourth-order valence-electron chi connectivity index (χ4n) is 3.12. The van der Waals surface area contributed by atoms with E-state index in [4.69, 9.17) is 0 Å². The summed E-state index contributed by atoms with van der Waals surface area (Å²) in [5.41, 5.74) is 2.00. The number of sulfone groups is 1. The molecule has 0 amide bonds. The Morgan fingerprint density at radius 2 is 1.90 bits per heavy atom. The maximum Gasteiger partial charge on any atom is 0.158 e. The third-order valence-corrected chi connectivity index (χ3v) is 6.45. The third-order valence-electron chi connectivity index (χ3n) is 4.25. The highest BCUT2D eigenvalue weighted by atomic mass is 32.2. The second kappa shape index (κ2) is 6.72. The Bertz CT molecular complexity index is 537. The van der Waals surface area contributed by atoms with Gasteiger partial charge in [-0.25, -0.2) is 8.42 Å². The lowest BCUT2D eigenvalue weighted by molar-refractivity contribution is 0.376. The number of rotatable bonds is 5. The molecule has 0 aromatic heterocycles. The molecule has 1 aromatic carbocycles. The standard InChI is InChI=1S/C16H25NO2S/c1-3-17-15-10-6-7-11-16(15)20(18,19)12-14-9-5-4-8-13(14)2/h4-5,8-9,15-17H,3,6-7,10-12H2,1-2H3. The SMILES string of the molecule is CCNC1CCCCC1S(=O)(=O)Cc1ccccc1C. The van der Waals surface area contributed by atoms with Crippen LogP contribution in [-0.4, -0.2) is 26.3 Å². The topological polar surface area (TPSA) is 46.2 Å². The highest BCUT2D eigenvalue weighted by Gasteiger charge is 2.35. The van der Waals surface area contributed by atoms with Crippen molar-refractivity contribution in [3.05, 3.63) is 35.4 Å². The Balaban J connectivity index is 2.18. The van der Waals surface area contributed by atoms with Crippen LogP contribution in [0.5, 0.6) is 0 Å². The van der Waals surface area contributed by atoms with Crippen LogP contribution in [0.4, 0.5) is 0 Å². The molecule has 1 fully saturated rings. The monoisotopic (exact) mass is 295 g/mol. The van der Waals surface area contributed by atoms with E-state index in [-0.39, 0.29) is 17.0 Å². The van der Waals surface area contributed by atoms with Crippen LogP contribution in [0.3, 0.4) is 0 Å². The fraction of sp³-hybridized carbons (Fsp3) is 0.625. The summed E-state index contributed by atoms with van der Waals surface area (Å²) in [5.74, 6) is 0.173. The summed E-state index contributed by atoms with van der Waals surface area (Å²) in [7, 11) is -3.09. The molecule has 1 saturated carbocycles. The molecular formula is C16H25NO2S. The molecule has 0 heterocycles. The Morgan fingerprint density at radius 1 is 1.20 bits per heavy atom. The van der Waals surface area contributed by atoms with Gasteiger partial charge in [-0.05, 0) is 37.4 Å². The molecule has 2 rings (SSSR count). The van der Waals surface area contributed by atoms with Gasteiger partial charge in [0.1, 0.15) is 0 Å². The van der Waals surface area contributed by atoms with E-state index in [0.29, 0.717) is 0 Å². The predicted octanol–water partition coefficient (Wildman–Crippen LogP) is 2.83. The van der Waals surface area contributed by atoms with Crippen molar-refractivity contribution in [1.82, 2.24) is 5.32 Å². The summed E-state index contributed by atoms with van der Waals surface area (Å²) < 4.78 is 25.5. The van der Waals surface area contributed by atoms with Gasteiger partial charge in [-0.1, -0.05) is 44.0 Å². The summed E-state index contributed by atoms with van der Waals surface area (Å²) in [4.78, 5) is 0. The van der Waals surface area contributed by atoms with Crippen LogP contribution in [0.1, 0.15) is 43.7 Å². The normalized spacial score (nSPS) is 23.7. The van der Waals surface area contributed by atoms with Crippen LogP contribution in [-0.2, 0) is 15.6 Å². The van der Waals surface area contributed by atoms with E-state index in [1.807, 2.05) is 38.1 Å². The molecule has 20 heavy (non-hydrogen) atoms. The van der Waals surface area contributed by atoms with Gasteiger partial charge in [-0.2, -0.15) is 0 Å². The summed E-state index contributed by atoms with van der Waals surface area (Å²) in [6.45, 7) is 4.86. The van der Waals surface area contributed by atoms with Crippen LogP contribution < -0.4 is 5.32 Å². The molecule has 1 N–H and O–H groups in total. The van der Waals surface area contributed by atoms with Gasteiger partial charge in [0, 0.05) is 6.04 Å². The average Bonchev–Trinajstić information content (AvgIpc) is 2.42. The molecule has 1 aliphatic rings. The van der Waals surface area contributed by atoms with E-state index < -0.39 is 9.84 Å². The fourth-order valence-corrected chi connectivity index (χ4v) is 5.35. The summed E-state index contributed by atoms with van der Waals surface area (Å²) in [5, 5.41) is 3.14. The number of nitrogens with one attached hydrogen (secondary N) is 1. The van der Waals surface area contributed by atoms with Gasteiger partial charge in [-0.15, -0.1) is 0 Å². The second-order valence-corrected chi connectivity index (χ2v) is 7.94.